The molecule has 0 aliphatic heterocycles. The van der Waals surface area contributed by atoms with Crippen LogP contribution in [0.5, 0.6) is 0 Å². The van der Waals surface area contributed by atoms with Crippen molar-refractivity contribution >= 4 is 33.8 Å². The zero-order valence-electron chi connectivity index (χ0n) is 5.23. The molecule has 1 aromatic carbocycles. The predicted octanol–water partition coefficient (Wildman–Crippen LogP) is -1.84. The summed E-state index contributed by atoms with van der Waals surface area (Å²) in [5.74, 6) is 0. The van der Waals surface area contributed by atoms with Crippen molar-refractivity contribution in [2.75, 3.05) is 0 Å². The van der Waals surface area contributed by atoms with Gasteiger partial charge in [-0.2, -0.15) is 0 Å². The van der Waals surface area contributed by atoms with Crippen molar-refractivity contribution in [3.8, 4) is 0 Å². The summed E-state index contributed by atoms with van der Waals surface area (Å²) >= 11 is 2.29. The van der Waals surface area contributed by atoms with Crippen LogP contribution in [0.2, 0.25) is 0 Å². The zero-order valence-corrected chi connectivity index (χ0v) is 7.10. The molecule has 0 spiro atoms. The minimum atomic E-state index is -1.36. The van der Waals surface area contributed by atoms with Crippen LogP contribution in [0.1, 0.15) is 0 Å². The Morgan fingerprint density at radius 1 is 1.20 bits per heavy atom. The molecule has 0 heterocycles. The van der Waals surface area contributed by atoms with Crippen molar-refractivity contribution in [1.29, 1.82) is 0 Å². The normalized spacial score (nSPS) is 9.50. The van der Waals surface area contributed by atoms with Crippen LogP contribution < -0.4 is 9.81 Å². The average molecular weight is 196 g/mol. The van der Waals surface area contributed by atoms with E-state index < -0.39 is 7.12 Å². The van der Waals surface area contributed by atoms with Crippen LogP contribution in [0.4, 0.5) is 0 Å². The van der Waals surface area contributed by atoms with Gasteiger partial charge in [-0.1, -0.05) is 0 Å². The average Bonchev–Trinajstić information content (AvgIpc) is 1.88. The second kappa shape index (κ2) is 3.24. The molecular formula is C6H6AsBO2. The van der Waals surface area contributed by atoms with E-state index in [1.807, 2.05) is 12.1 Å². The van der Waals surface area contributed by atoms with Gasteiger partial charge in [-0.25, -0.2) is 0 Å². The molecular weight excluding hydrogens is 190 g/mol. The summed E-state index contributed by atoms with van der Waals surface area (Å²) in [6.07, 6.45) is 0. The van der Waals surface area contributed by atoms with Crippen LogP contribution >= 0.6 is 0 Å². The molecule has 10 heavy (non-hydrogen) atoms. The second-order valence-corrected chi connectivity index (χ2v) is 2.94. The molecule has 0 saturated carbocycles. The molecule has 1 aromatic rings. The molecule has 0 fully saturated rings. The number of hydrogen-bond donors (Lipinski definition) is 2. The predicted molar refractivity (Wildman–Crippen MR) is 41.7 cm³/mol. The van der Waals surface area contributed by atoms with Crippen molar-refractivity contribution in [2.45, 2.75) is 0 Å². The summed E-state index contributed by atoms with van der Waals surface area (Å²) in [5.41, 5.74) is 0.544. The number of rotatable bonds is 1. The van der Waals surface area contributed by atoms with E-state index in [-0.39, 0.29) is 0 Å². The van der Waals surface area contributed by atoms with Crippen LogP contribution in [0, 0.1) is 0 Å². The van der Waals surface area contributed by atoms with Gasteiger partial charge >= 0.3 is 68.1 Å². The van der Waals surface area contributed by atoms with Crippen molar-refractivity contribution in [2.24, 2.45) is 0 Å². The fraction of sp³-hybridized carbons (Fsp3) is 0. The summed E-state index contributed by atoms with van der Waals surface area (Å²) in [6, 6.07) is 7.11. The monoisotopic (exact) mass is 196 g/mol. The van der Waals surface area contributed by atoms with E-state index in [0.717, 1.165) is 4.35 Å². The Kier molecular flexibility index (Phi) is 2.55. The van der Waals surface area contributed by atoms with Crippen molar-refractivity contribution in [3.05, 3.63) is 24.3 Å². The molecule has 0 saturated heterocycles. The molecule has 4 heteroatoms. The Bertz CT molecular complexity index is 227. The Morgan fingerprint density at radius 3 is 2.20 bits per heavy atom. The summed E-state index contributed by atoms with van der Waals surface area (Å²) < 4.78 is 0.838. The Hall–Kier alpha value is -0.237. The summed E-state index contributed by atoms with van der Waals surface area (Å²) in [6.45, 7) is 0. The molecule has 0 aromatic heterocycles. The topological polar surface area (TPSA) is 40.5 Å². The maximum atomic E-state index is 8.75. The maximum absolute atomic E-state index is 8.75. The Morgan fingerprint density at radius 2 is 1.80 bits per heavy atom. The van der Waals surface area contributed by atoms with Gasteiger partial charge in [-0.3, -0.25) is 0 Å². The molecule has 50 valence electrons. The van der Waals surface area contributed by atoms with Gasteiger partial charge in [-0.15, -0.1) is 0 Å². The van der Waals surface area contributed by atoms with Crippen molar-refractivity contribution in [1.82, 2.24) is 0 Å². The van der Waals surface area contributed by atoms with Gasteiger partial charge in [0.2, 0.25) is 0 Å². The van der Waals surface area contributed by atoms with Crippen molar-refractivity contribution in [3.63, 3.8) is 0 Å². The summed E-state index contributed by atoms with van der Waals surface area (Å²) in [5, 5.41) is 17.5. The quantitative estimate of drug-likeness (QED) is 0.518. The van der Waals surface area contributed by atoms with Crippen LogP contribution in [-0.2, 0) is 0 Å². The second-order valence-electron chi connectivity index (χ2n) is 1.93. The van der Waals surface area contributed by atoms with Crippen LogP contribution in [0.15, 0.2) is 24.3 Å². The van der Waals surface area contributed by atoms with Crippen LogP contribution in [0.25, 0.3) is 0 Å². The molecule has 0 aliphatic carbocycles. The van der Waals surface area contributed by atoms with E-state index in [2.05, 4.69) is 16.9 Å². The van der Waals surface area contributed by atoms with Gasteiger partial charge in [0, 0.05) is 0 Å². The van der Waals surface area contributed by atoms with Crippen molar-refractivity contribution < 1.29 is 10.0 Å². The first-order chi connectivity index (χ1) is 4.72. The van der Waals surface area contributed by atoms with Gasteiger partial charge in [0.05, 0.1) is 0 Å². The molecule has 0 unspecified atom stereocenters. The van der Waals surface area contributed by atoms with Gasteiger partial charge in [0.1, 0.15) is 0 Å². The van der Waals surface area contributed by atoms with Gasteiger partial charge < -0.3 is 0 Å². The van der Waals surface area contributed by atoms with Gasteiger partial charge in [0.25, 0.3) is 0 Å². The summed E-state index contributed by atoms with van der Waals surface area (Å²) in [4.78, 5) is 0. The third-order valence-corrected chi connectivity index (χ3v) is 2.07. The number of hydrogen-bond acceptors (Lipinski definition) is 2. The van der Waals surface area contributed by atoms with Gasteiger partial charge in [0.15, 0.2) is 0 Å². The third-order valence-electron chi connectivity index (χ3n) is 1.21. The molecule has 0 aliphatic rings. The van der Waals surface area contributed by atoms with E-state index in [0.29, 0.717) is 5.46 Å². The molecule has 0 atom stereocenters. The summed E-state index contributed by atoms with van der Waals surface area (Å²) in [7, 11) is -1.36. The van der Waals surface area contributed by atoms with E-state index >= 15 is 0 Å². The Labute approximate surface area is 68.5 Å². The molecule has 2 nitrogen and oxygen atoms in total. The first-order valence-electron chi connectivity index (χ1n) is 2.86. The standard InChI is InChI=1S/C6H6AsBO2/c7-5-3-1-2-4-6(5)8(9)10/h1-4,9-10H. The molecule has 2 radical (unpaired) electrons. The molecule has 0 amide bonds. The SMILES string of the molecule is OB(O)c1ccccc1[As]. The third kappa shape index (κ3) is 1.63. The molecule has 0 bridgehead atoms. The fourth-order valence-electron chi connectivity index (χ4n) is 0.706. The van der Waals surface area contributed by atoms with Crippen LogP contribution in [-0.4, -0.2) is 34.0 Å². The van der Waals surface area contributed by atoms with E-state index in [1.165, 1.54) is 0 Å². The van der Waals surface area contributed by atoms with Gasteiger partial charge in [-0.05, 0) is 0 Å². The molecule has 1 rings (SSSR count). The first kappa shape index (κ1) is 7.87. The van der Waals surface area contributed by atoms with E-state index in [9.17, 15) is 0 Å². The minimum absolute atomic E-state index is 0.544. The first-order valence-corrected chi connectivity index (χ1v) is 3.79. The Balaban J connectivity index is 3.03. The van der Waals surface area contributed by atoms with E-state index in [1.54, 1.807) is 12.1 Å². The van der Waals surface area contributed by atoms with E-state index in [4.69, 9.17) is 10.0 Å². The van der Waals surface area contributed by atoms with Crippen LogP contribution in [0.3, 0.4) is 0 Å². The zero-order chi connectivity index (χ0) is 7.56. The molecule has 2 N–H and O–H groups in total. The fourth-order valence-corrected chi connectivity index (χ4v) is 1.29. The number of benzene rings is 1.